The molecular formula is C67H84Cl3F4N9O14. The maximum atomic E-state index is 13.6. The van der Waals surface area contributed by atoms with E-state index in [1.54, 1.807) is 99.6 Å². The fourth-order valence-electron chi connectivity index (χ4n) is 10.4. The number of halogens is 7. The number of hydrogen-bond donors (Lipinski definition) is 5. The number of nitrogens with one attached hydrogen (secondary N) is 5. The Labute approximate surface area is 575 Å². The normalized spacial score (nSPS) is 21.2. The molecule has 0 spiro atoms. The van der Waals surface area contributed by atoms with E-state index in [1.807, 2.05) is 54.6 Å². The summed E-state index contributed by atoms with van der Waals surface area (Å²) >= 11 is 16.9. The van der Waals surface area contributed by atoms with Crippen molar-refractivity contribution in [1.29, 1.82) is 0 Å². The maximum absolute atomic E-state index is 13.6. The lowest BCUT2D eigenvalue weighted by Crippen LogP contribution is -2.62. The summed E-state index contributed by atoms with van der Waals surface area (Å²) in [5.41, 5.74) is 7.40. The highest BCUT2D eigenvalue weighted by atomic mass is 35.6. The average Bonchev–Trinajstić information content (AvgIpc) is 1.21. The van der Waals surface area contributed by atoms with E-state index in [4.69, 9.17) is 54.0 Å². The summed E-state index contributed by atoms with van der Waals surface area (Å²) in [6.45, 7) is 9.98. The molecule has 0 radical (unpaired) electrons. The number of carbonyl (C=O) groups is 9. The van der Waals surface area contributed by atoms with Crippen LogP contribution < -0.4 is 26.8 Å². The first kappa shape index (κ1) is 78.6. The predicted molar refractivity (Wildman–Crippen MR) is 353 cm³/mol. The SMILES string of the molecule is CC(=O)O[C@H](C)c1ccc2ccc(/C=C/C(C)(C)C(=O)N[C@H](C(=O)N[C@@H](COC(F)F)C(=O)N3CCC[C@@H](C(=O)OCC(Cl)(Cl)Cl)N3)C(C)C)cc2n1.CC(C)[C@@H]1CC(=O)C(C)(C)/C=C/c2ccc3ccc(nc3c2)[C@@H](C)OC(=O)[C@@H]2CCCN(N2)C(=O)[C@H](COC(F)F)NC1=O. The first-order valence-electron chi connectivity index (χ1n) is 31.6. The van der Waals surface area contributed by atoms with Gasteiger partial charge in [-0.2, -0.15) is 17.6 Å². The zero-order valence-electron chi connectivity index (χ0n) is 55.7. The second-order valence-corrected chi connectivity index (χ2v) is 28.2. The Balaban J connectivity index is 0.000000311. The average molecular weight is 1420 g/mol. The van der Waals surface area contributed by atoms with Crippen molar-refractivity contribution in [3.8, 4) is 0 Å². The number of amides is 5. The van der Waals surface area contributed by atoms with Gasteiger partial charge in [0.25, 0.3) is 11.8 Å². The Hall–Kier alpha value is -7.40. The van der Waals surface area contributed by atoms with Gasteiger partial charge in [0, 0.05) is 48.5 Å². The van der Waals surface area contributed by atoms with E-state index in [1.165, 1.54) is 6.92 Å². The van der Waals surface area contributed by atoms with Crippen LogP contribution in [0.25, 0.3) is 34.0 Å². The van der Waals surface area contributed by atoms with Crippen molar-refractivity contribution in [2.45, 2.75) is 168 Å². The number of carbonyl (C=O) groups excluding carboxylic acids is 9. The minimum atomic E-state index is -3.25. The molecule has 3 aliphatic heterocycles. The number of cyclic esters (lactones) is 1. The summed E-state index contributed by atoms with van der Waals surface area (Å²) in [6.07, 6.45) is 6.97. The number of esters is 3. The molecule has 0 aliphatic carbocycles. The molecular weight excluding hydrogens is 1340 g/mol. The summed E-state index contributed by atoms with van der Waals surface area (Å²) in [5, 5.41) is 11.6. The van der Waals surface area contributed by atoms with Crippen molar-refractivity contribution in [2.75, 3.05) is 32.9 Å². The Morgan fingerprint density at radius 3 is 2.13 bits per heavy atom. The molecule has 2 fully saturated rings. The summed E-state index contributed by atoms with van der Waals surface area (Å²) < 4.78 is 75.1. The zero-order chi connectivity index (χ0) is 71.9. The number of rotatable bonds is 19. The molecule has 7 rings (SSSR count). The Morgan fingerprint density at radius 2 is 1.48 bits per heavy atom. The smallest absolute Gasteiger partial charge is 0.345 e. The molecule has 2 saturated heterocycles. The van der Waals surface area contributed by atoms with Gasteiger partial charge in [-0.1, -0.05) is 123 Å². The van der Waals surface area contributed by atoms with Gasteiger partial charge in [0.05, 0.1) is 41.1 Å². The molecule has 5 bridgehead atoms. The highest BCUT2D eigenvalue weighted by Crippen LogP contribution is 2.31. The summed E-state index contributed by atoms with van der Waals surface area (Å²) in [4.78, 5) is 127. The minimum absolute atomic E-state index is 0.0703. The number of Topliss-reactive ketones (excluding diaryl/α,β-unsaturated/α-hetero) is 1. The third-order valence-corrected chi connectivity index (χ3v) is 16.6. The second kappa shape index (κ2) is 34.9. The molecule has 5 N–H and O–H groups in total. The van der Waals surface area contributed by atoms with Crippen LogP contribution in [0.15, 0.2) is 72.8 Å². The topological polar surface area (TPSA) is 292 Å². The van der Waals surface area contributed by atoms with Gasteiger partial charge >= 0.3 is 31.1 Å². The quantitative estimate of drug-likeness (QED) is 0.0253. The number of ketones is 1. The Kier molecular flexibility index (Phi) is 28.3. The standard InChI is InChI=1S/C35H44Cl3F2N5O8.C32H40F2N4O6/c1-19(2)28(29(47)42-27(17-51-33(39)40)30(48)45-15-7-8-25(44-45)31(49)52-18-35(36,37)38)43-32(50)34(5,6)14-13-22-9-10-23-11-12-24(41-26(23)16-22)20(3)53-21(4)46;1-18(2)22-16-27(39)32(4,5)13-12-20-8-9-21-10-11-23(35-25(21)15-20)19(3)44-30(42)24-7-6-14-38(37-24)29(41)26(36-28(22)40)17-43-31(33)34/h9-14,16,19-20,25,27-28,33,44H,7-8,15,17-18H2,1-6H3,(H,42,47)(H,43,50);8-13,15,18-19,22,24,26,31,37H,6-7,14,16-17H2,1-5H3,(H,36,40)/b14-13+;13-12+/t20-,25+,27+,28+;19-,22+,24+,26+/m11/s1. The molecule has 530 valence electrons. The van der Waals surface area contributed by atoms with Crippen LogP contribution in [0.3, 0.4) is 0 Å². The number of aromatic nitrogens is 2. The van der Waals surface area contributed by atoms with Crippen molar-refractivity contribution < 1.29 is 84.4 Å². The summed E-state index contributed by atoms with van der Waals surface area (Å²) in [5.74, 6) is -7.28. The second-order valence-electron chi connectivity index (χ2n) is 25.7. The van der Waals surface area contributed by atoms with E-state index in [9.17, 15) is 60.7 Å². The van der Waals surface area contributed by atoms with Gasteiger partial charge < -0.3 is 39.6 Å². The number of allylic oxidation sites excluding steroid dienone is 1. The van der Waals surface area contributed by atoms with Crippen LogP contribution in [0.5, 0.6) is 0 Å². The van der Waals surface area contributed by atoms with Crippen LogP contribution in [0, 0.1) is 28.6 Å². The number of hydrogen-bond acceptors (Lipinski definition) is 18. The monoisotopic (exact) mass is 1420 g/mol. The highest BCUT2D eigenvalue weighted by molar-refractivity contribution is 6.67. The molecule has 2 aromatic heterocycles. The van der Waals surface area contributed by atoms with Crippen molar-refractivity contribution in [1.82, 2.24) is 46.8 Å². The van der Waals surface area contributed by atoms with Gasteiger partial charge in [0.2, 0.25) is 21.5 Å². The number of alkyl halides is 7. The van der Waals surface area contributed by atoms with E-state index in [-0.39, 0.29) is 37.6 Å². The largest absolute Gasteiger partial charge is 0.460 e. The molecule has 5 heterocycles. The molecule has 0 saturated carbocycles. The maximum Gasteiger partial charge on any atom is 0.345 e. The van der Waals surface area contributed by atoms with Crippen LogP contribution in [0.2, 0.25) is 0 Å². The van der Waals surface area contributed by atoms with E-state index in [2.05, 4.69) is 41.3 Å². The van der Waals surface area contributed by atoms with Crippen molar-refractivity contribution in [3.63, 3.8) is 0 Å². The van der Waals surface area contributed by atoms with Gasteiger partial charge in [0.15, 0.2) is 0 Å². The number of fused-ring (bicyclic) bond motifs is 5. The van der Waals surface area contributed by atoms with E-state index in [0.717, 1.165) is 31.9 Å². The highest BCUT2D eigenvalue weighted by Gasteiger charge is 2.40. The van der Waals surface area contributed by atoms with Crippen LogP contribution in [0.4, 0.5) is 17.6 Å². The van der Waals surface area contributed by atoms with E-state index in [0.29, 0.717) is 41.7 Å². The van der Waals surface area contributed by atoms with Crippen LogP contribution >= 0.6 is 34.8 Å². The zero-order valence-corrected chi connectivity index (χ0v) is 58.0. The predicted octanol–water partition coefficient (Wildman–Crippen LogP) is 9.52. The lowest BCUT2D eigenvalue weighted by molar-refractivity contribution is -0.162. The van der Waals surface area contributed by atoms with Gasteiger partial charge in [-0.15, -0.1) is 0 Å². The Morgan fingerprint density at radius 1 is 0.835 bits per heavy atom. The lowest BCUT2D eigenvalue weighted by atomic mass is 9.79. The molecule has 5 amide bonds. The van der Waals surface area contributed by atoms with Crippen molar-refractivity contribution in [2.24, 2.45) is 28.6 Å². The number of hydrazine groups is 2. The first-order chi connectivity index (χ1) is 45.4. The van der Waals surface area contributed by atoms with Crippen molar-refractivity contribution >= 4 is 122 Å². The number of benzene rings is 2. The van der Waals surface area contributed by atoms with Crippen LogP contribution in [0.1, 0.15) is 143 Å². The number of pyridine rings is 2. The van der Waals surface area contributed by atoms with E-state index >= 15 is 0 Å². The molecule has 4 aromatic rings. The number of ether oxygens (including phenoxy) is 5. The lowest BCUT2D eigenvalue weighted by Gasteiger charge is -2.35. The molecule has 0 unspecified atom stereocenters. The van der Waals surface area contributed by atoms with Gasteiger partial charge in [-0.05, 0) is 114 Å². The molecule has 30 heteroatoms. The van der Waals surface area contributed by atoms with Gasteiger partial charge in [-0.3, -0.25) is 53.2 Å². The fourth-order valence-corrected chi connectivity index (χ4v) is 10.6. The number of nitrogens with zero attached hydrogens (tertiary/aromatic N) is 4. The molecule has 23 nitrogen and oxygen atoms in total. The fraction of sp³-hybridized carbons (Fsp3) is 0.537. The first-order valence-corrected chi connectivity index (χ1v) is 32.8. The summed E-state index contributed by atoms with van der Waals surface area (Å²) in [7, 11) is 0. The minimum Gasteiger partial charge on any atom is -0.460 e. The molecule has 8 atom stereocenters. The third kappa shape index (κ3) is 23.4. The van der Waals surface area contributed by atoms with Gasteiger partial charge in [0.1, 0.15) is 54.8 Å². The van der Waals surface area contributed by atoms with Crippen LogP contribution in [-0.4, -0.2) is 153 Å². The Bertz CT molecular complexity index is 3560. The van der Waals surface area contributed by atoms with Crippen molar-refractivity contribution in [3.05, 3.63) is 95.3 Å². The molecule has 97 heavy (non-hydrogen) atoms. The van der Waals surface area contributed by atoms with Crippen LogP contribution in [-0.2, 0) is 66.8 Å². The van der Waals surface area contributed by atoms with E-state index < -0.39 is 149 Å². The van der Waals surface area contributed by atoms with Gasteiger partial charge in [-0.25, -0.2) is 20.8 Å². The molecule has 2 aromatic carbocycles. The molecule has 3 aliphatic rings. The summed E-state index contributed by atoms with van der Waals surface area (Å²) in [6, 6.07) is 12.3. The third-order valence-electron chi connectivity index (χ3n) is 16.3.